The van der Waals surface area contributed by atoms with E-state index >= 15 is 8.78 Å². The maximum absolute atomic E-state index is 15.9. The third kappa shape index (κ3) is 4.21. The number of benzene rings is 3. The number of hydrogen-bond acceptors (Lipinski definition) is 3. The van der Waals surface area contributed by atoms with Gasteiger partial charge < -0.3 is 9.69 Å². The fraction of sp³-hybridized carbons (Fsp3) is 0.231. The molecule has 36 heavy (non-hydrogen) atoms. The van der Waals surface area contributed by atoms with Crippen LogP contribution in [0.5, 0.6) is 0 Å². The molecule has 0 bridgehead atoms. The Labute approximate surface area is 207 Å². The maximum Gasteiger partial charge on any atom is 0.435 e. The van der Waals surface area contributed by atoms with Crippen LogP contribution in [0.3, 0.4) is 0 Å². The number of carbonyl (C=O) groups excluding carboxylic acids is 1. The second kappa shape index (κ2) is 9.20. The molecule has 1 unspecified atom stereocenters. The van der Waals surface area contributed by atoms with Gasteiger partial charge >= 0.3 is 6.18 Å². The lowest BCUT2D eigenvalue weighted by molar-refractivity contribution is -0.140. The molecule has 2 heterocycles. The van der Waals surface area contributed by atoms with Crippen molar-refractivity contribution in [3.8, 4) is 16.8 Å². The Bertz CT molecular complexity index is 1470. The number of rotatable bonds is 4. The Morgan fingerprint density at radius 3 is 2.44 bits per heavy atom. The van der Waals surface area contributed by atoms with Gasteiger partial charge in [0.25, 0.3) is 0 Å². The van der Waals surface area contributed by atoms with Crippen LogP contribution in [-0.2, 0) is 11.0 Å². The van der Waals surface area contributed by atoms with E-state index in [-0.39, 0.29) is 27.9 Å². The average molecular weight is 520 g/mol. The van der Waals surface area contributed by atoms with Crippen molar-refractivity contribution in [1.29, 1.82) is 0 Å². The summed E-state index contributed by atoms with van der Waals surface area (Å²) in [6.07, 6.45) is -1.60. The highest BCUT2D eigenvalue weighted by molar-refractivity contribution is 6.30. The molecule has 1 aliphatic heterocycles. The second-order valence-corrected chi connectivity index (χ2v) is 9.05. The zero-order chi connectivity index (χ0) is 25.6. The molecule has 1 aromatic heterocycles. The fourth-order valence-corrected chi connectivity index (χ4v) is 4.88. The Morgan fingerprint density at radius 2 is 1.75 bits per heavy atom. The number of aldehydes is 1. The van der Waals surface area contributed by atoms with Gasteiger partial charge in [0.05, 0.1) is 11.7 Å². The Morgan fingerprint density at radius 1 is 0.972 bits per heavy atom. The van der Waals surface area contributed by atoms with Gasteiger partial charge in [-0.15, -0.1) is 0 Å². The minimum atomic E-state index is -4.84. The van der Waals surface area contributed by atoms with Crippen molar-refractivity contribution in [3.63, 3.8) is 0 Å². The third-order valence-corrected chi connectivity index (χ3v) is 6.62. The largest absolute Gasteiger partial charge is 0.435 e. The average Bonchev–Trinajstić information content (AvgIpc) is 3.26. The standard InChI is InChI=1S/C26H19ClF5N3O/c27-15-4-3-6-17(12-15)35-24-21(25(33-35)26(30,31)32)10-9-20(23(24)29)19-8-7-16(13-22(19)28)34-11-2-1-5-18(34)14-36/h3-4,6-10,12-14,18H,1-2,5,11H2. The molecule has 0 radical (unpaired) electrons. The predicted octanol–water partition coefficient (Wildman–Crippen LogP) is 7.20. The highest BCUT2D eigenvalue weighted by Crippen LogP contribution is 2.40. The van der Waals surface area contributed by atoms with Crippen molar-refractivity contribution in [2.24, 2.45) is 0 Å². The summed E-state index contributed by atoms with van der Waals surface area (Å²) >= 11 is 6.00. The van der Waals surface area contributed by atoms with Gasteiger partial charge in [0, 0.05) is 33.8 Å². The van der Waals surface area contributed by atoms with E-state index in [0.717, 1.165) is 35.9 Å². The van der Waals surface area contributed by atoms with E-state index in [9.17, 15) is 18.0 Å². The van der Waals surface area contributed by atoms with Crippen molar-refractivity contribution in [2.45, 2.75) is 31.5 Å². The first-order chi connectivity index (χ1) is 17.2. The van der Waals surface area contributed by atoms with E-state index in [1.54, 1.807) is 11.0 Å². The first-order valence-corrected chi connectivity index (χ1v) is 11.6. The quantitative estimate of drug-likeness (QED) is 0.211. The summed E-state index contributed by atoms with van der Waals surface area (Å²) in [6, 6.07) is 11.8. The molecule has 3 aromatic carbocycles. The molecule has 4 aromatic rings. The van der Waals surface area contributed by atoms with Gasteiger partial charge in [-0.25, -0.2) is 13.5 Å². The molecule has 1 aliphatic rings. The second-order valence-electron chi connectivity index (χ2n) is 8.62. The summed E-state index contributed by atoms with van der Waals surface area (Å²) in [6.45, 7) is 0.585. The zero-order valence-corrected chi connectivity index (χ0v) is 19.5. The number of fused-ring (bicyclic) bond motifs is 1. The molecule has 0 saturated carbocycles. The van der Waals surface area contributed by atoms with Crippen molar-refractivity contribution in [3.05, 3.63) is 76.9 Å². The smallest absolute Gasteiger partial charge is 0.362 e. The maximum atomic E-state index is 15.9. The summed E-state index contributed by atoms with van der Waals surface area (Å²) in [5.74, 6) is -1.81. The lowest BCUT2D eigenvalue weighted by atomic mass is 9.99. The number of halogens is 6. The lowest BCUT2D eigenvalue weighted by Crippen LogP contribution is -2.40. The van der Waals surface area contributed by atoms with Gasteiger partial charge in [-0.05, 0) is 61.7 Å². The topological polar surface area (TPSA) is 38.1 Å². The number of hydrogen-bond donors (Lipinski definition) is 0. The Balaban J connectivity index is 1.66. The van der Waals surface area contributed by atoms with Crippen molar-refractivity contribution in [1.82, 2.24) is 9.78 Å². The monoisotopic (exact) mass is 519 g/mol. The molecule has 1 saturated heterocycles. The van der Waals surface area contributed by atoms with Crippen LogP contribution < -0.4 is 4.90 Å². The summed E-state index contributed by atoms with van der Waals surface area (Å²) in [5, 5.41) is 3.42. The highest BCUT2D eigenvalue weighted by Gasteiger charge is 2.38. The molecule has 0 spiro atoms. The van der Waals surface area contributed by atoms with Crippen molar-refractivity contribution < 1.29 is 26.7 Å². The molecule has 0 N–H and O–H groups in total. The Kier molecular flexibility index (Phi) is 6.20. The van der Waals surface area contributed by atoms with Gasteiger partial charge in [0.1, 0.15) is 17.6 Å². The van der Waals surface area contributed by atoms with Crippen molar-refractivity contribution in [2.75, 3.05) is 11.4 Å². The van der Waals surface area contributed by atoms with Crippen LogP contribution in [0.25, 0.3) is 27.7 Å². The number of carbonyl (C=O) groups is 1. The van der Waals surface area contributed by atoms with Gasteiger partial charge in [-0.3, -0.25) is 0 Å². The number of piperidine rings is 1. The summed E-state index contributed by atoms with van der Waals surface area (Å²) < 4.78 is 73.1. The van der Waals surface area contributed by atoms with Gasteiger partial charge in [0.15, 0.2) is 11.5 Å². The van der Waals surface area contributed by atoms with E-state index in [1.807, 2.05) is 0 Å². The number of aromatic nitrogens is 2. The minimum Gasteiger partial charge on any atom is -0.362 e. The van der Waals surface area contributed by atoms with Gasteiger partial charge in [-0.2, -0.15) is 18.3 Å². The third-order valence-electron chi connectivity index (χ3n) is 6.39. The van der Waals surface area contributed by atoms with Crippen LogP contribution in [0.15, 0.2) is 54.6 Å². The molecule has 0 aliphatic carbocycles. The SMILES string of the molecule is O=CC1CCCCN1c1ccc(-c2ccc3c(C(F)(F)F)nn(-c4cccc(Cl)c4)c3c2F)c(F)c1. The fourth-order valence-electron chi connectivity index (χ4n) is 4.70. The van der Waals surface area contributed by atoms with Crippen LogP contribution in [0.2, 0.25) is 5.02 Å². The Hall–Kier alpha value is -3.46. The summed E-state index contributed by atoms with van der Waals surface area (Å²) in [7, 11) is 0. The molecule has 5 rings (SSSR count). The van der Waals surface area contributed by atoms with E-state index in [2.05, 4.69) is 5.10 Å². The summed E-state index contributed by atoms with van der Waals surface area (Å²) in [5.41, 5.74) is -1.43. The van der Waals surface area contributed by atoms with E-state index < -0.39 is 34.4 Å². The zero-order valence-electron chi connectivity index (χ0n) is 18.7. The minimum absolute atomic E-state index is 0.120. The molecule has 4 nitrogen and oxygen atoms in total. The molecule has 0 amide bonds. The number of nitrogens with zero attached hydrogens (tertiary/aromatic N) is 3. The first kappa shape index (κ1) is 24.2. The van der Waals surface area contributed by atoms with Crippen LogP contribution >= 0.6 is 11.6 Å². The molecule has 10 heteroatoms. The molecular formula is C26H19ClF5N3O. The van der Waals surface area contributed by atoms with Crippen LogP contribution in [0, 0.1) is 11.6 Å². The van der Waals surface area contributed by atoms with Gasteiger partial charge in [-0.1, -0.05) is 23.7 Å². The highest BCUT2D eigenvalue weighted by atomic mass is 35.5. The predicted molar refractivity (Wildman–Crippen MR) is 127 cm³/mol. The molecule has 1 fully saturated rings. The van der Waals surface area contributed by atoms with Crippen molar-refractivity contribution >= 4 is 34.5 Å². The number of alkyl halides is 3. The molecular weight excluding hydrogens is 501 g/mol. The van der Waals surface area contributed by atoms with E-state index in [1.165, 1.54) is 36.4 Å². The van der Waals surface area contributed by atoms with E-state index in [4.69, 9.17) is 11.6 Å². The van der Waals surface area contributed by atoms with Crippen LogP contribution in [0.1, 0.15) is 25.0 Å². The lowest BCUT2D eigenvalue weighted by Gasteiger charge is -2.34. The van der Waals surface area contributed by atoms with Crippen LogP contribution in [-0.4, -0.2) is 28.7 Å². The summed E-state index contributed by atoms with van der Waals surface area (Å²) in [4.78, 5) is 13.2. The molecule has 186 valence electrons. The molecule has 1 atom stereocenters. The van der Waals surface area contributed by atoms with E-state index in [0.29, 0.717) is 18.7 Å². The first-order valence-electron chi connectivity index (χ1n) is 11.3. The van der Waals surface area contributed by atoms with Gasteiger partial charge in [0.2, 0.25) is 0 Å². The number of anilines is 1. The normalized spacial score (nSPS) is 16.5. The van der Waals surface area contributed by atoms with Crippen LogP contribution in [0.4, 0.5) is 27.6 Å².